The van der Waals surface area contributed by atoms with E-state index in [2.05, 4.69) is 29.8 Å². The zero-order valence-electron chi connectivity index (χ0n) is 18.9. The van der Waals surface area contributed by atoms with Gasteiger partial charge in [0.15, 0.2) is 11.5 Å². The summed E-state index contributed by atoms with van der Waals surface area (Å²) in [5, 5.41) is 10.4. The number of phenolic OH excluding ortho intramolecular Hbond substituents is 1. The van der Waals surface area contributed by atoms with Crippen molar-refractivity contribution in [3.05, 3.63) is 33.4 Å². The first-order valence-corrected chi connectivity index (χ1v) is 11.4. The van der Waals surface area contributed by atoms with E-state index in [0.717, 1.165) is 5.71 Å². The van der Waals surface area contributed by atoms with Crippen LogP contribution in [0, 0.1) is 11.3 Å². The SMILES string of the molecule is CCOc1cc([C@H]2C(C(=O)OC(C)C)=C(C)N=C3CC(C)(C)CC(=O)C32)cc(Br)c1O. The van der Waals surface area contributed by atoms with Gasteiger partial charge in [-0.25, -0.2) is 4.79 Å². The Morgan fingerprint density at radius 2 is 1.97 bits per heavy atom. The molecule has 6 nitrogen and oxygen atoms in total. The van der Waals surface area contributed by atoms with Crippen LogP contribution in [0.15, 0.2) is 32.9 Å². The van der Waals surface area contributed by atoms with Crippen molar-refractivity contribution in [2.45, 2.75) is 66.4 Å². The maximum absolute atomic E-state index is 13.3. The van der Waals surface area contributed by atoms with Crippen molar-refractivity contribution < 1.29 is 24.2 Å². The number of halogens is 1. The van der Waals surface area contributed by atoms with Gasteiger partial charge in [0.2, 0.25) is 0 Å². The van der Waals surface area contributed by atoms with E-state index in [0.29, 0.717) is 46.5 Å². The van der Waals surface area contributed by atoms with Gasteiger partial charge in [-0.15, -0.1) is 0 Å². The van der Waals surface area contributed by atoms with Gasteiger partial charge >= 0.3 is 5.97 Å². The van der Waals surface area contributed by atoms with Gasteiger partial charge in [-0.3, -0.25) is 9.79 Å². The Labute approximate surface area is 191 Å². The summed E-state index contributed by atoms with van der Waals surface area (Å²) in [5.74, 6) is -1.23. The van der Waals surface area contributed by atoms with Crippen molar-refractivity contribution in [1.29, 1.82) is 0 Å². The third kappa shape index (κ3) is 4.71. The average Bonchev–Trinajstić information content (AvgIpc) is 2.62. The summed E-state index contributed by atoms with van der Waals surface area (Å²) in [6.45, 7) is 11.7. The summed E-state index contributed by atoms with van der Waals surface area (Å²) in [6.07, 6.45) is 0.794. The molecule has 7 heteroatoms. The van der Waals surface area contributed by atoms with Crippen LogP contribution in [0.3, 0.4) is 0 Å². The first-order chi connectivity index (χ1) is 14.4. The number of carbonyl (C=O) groups is 2. The maximum atomic E-state index is 13.3. The topological polar surface area (TPSA) is 85.2 Å². The molecule has 2 aliphatic rings. The third-order valence-electron chi connectivity index (χ3n) is 5.64. The Balaban J connectivity index is 2.22. The number of fused-ring (bicyclic) bond motifs is 1. The van der Waals surface area contributed by atoms with E-state index in [1.165, 1.54) is 0 Å². The van der Waals surface area contributed by atoms with Gasteiger partial charge in [-0.05, 0) is 73.2 Å². The fraction of sp³-hybridized carbons (Fsp3) is 0.542. The lowest BCUT2D eigenvalue weighted by molar-refractivity contribution is -0.143. The van der Waals surface area contributed by atoms with Crippen LogP contribution < -0.4 is 4.74 Å². The van der Waals surface area contributed by atoms with Gasteiger partial charge in [0.25, 0.3) is 0 Å². The van der Waals surface area contributed by atoms with Gasteiger partial charge in [-0.2, -0.15) is 0 Å². The number of esters is 1. The van der Waals surface area contributed by atoms with Crippen LogP contribution in [0.4, 0.5) is 0 Å². The molecule has 3 rings (SSSR count). The number of Topliss-reactive ketones (excluding diaryl/α,β-unsaturated/α-hetero) is 1. The predicted molar refractivity (Wildman–Crippen MR) is 123 cm³/mol. The molecule has 2 atom stereocenters. The molecular formula is C24H30BrNO5. The third-order valence-corrected chi connectivity index (χ3v) is 6.24. The largest absolute Gasteiger partial charge is 0.503 e. The van der Waals surface area contributed by atoms with Crippen molar-refractivity contribution in [3.63, 3.8) is 0 Å². The summed E-state index contributed by atoms with van der Waals surface area (Å²) < 4.78 is 11.6. The highest BCUT2D eigenvalue weighted by atomic mass is 79.9. The standard InChI is InChI=1S/C24H30BrNO5/c1-7-30-18-9-14(8-15(25)22(18)28)20-19(23(29)31-12(2)3)13(4)26-16-10-24(5,6)11-17(27)21(16)20/h8-9,12,20-21,28H,7,10-11H2,1-6H3/t20-,21?/m0/s1. The van der Waals surface area contributed by atoms with Crippen LogP contribution in [-0.4, -0.2) is 35.3 Å². The van der Waals surface area contributed by atoms with Crippen molar-refractivity contribution >= 4 is 33.4 Å². The van der Waals surface area contributed by atoms with E-state index in [4.69, 9.17) is 14.5 Å². The van der Waals surface area contributed by atoms with Crippen molar-refractivity contribution in [2.24, 2.45) is 16.3 Å². The number of benzene rings is 1. The molecule has 1 saturated carbocycles. The second-order valence-electron chi connectivity index (χ2n) is 9.28. The molecule has 0 amide bonds. The number of allylic oxidation sites excluding steroid dienone is 1. The molecule has 1 aliphatic heterocycles. The van der Waals surface area contributed by atoms with Crippen LogP contribution in [0.1, 0.15) is 65.9 Å². The van der Waals surface area contributed by atoms with E-state index in [1.54, 1.807) is 32.9 Å². The molecule has 0 radical (unpaired) electrons. The van der Waals surface area contributed by atoms with Crippen LogP contribution in [-0.2, 0) is 14.3 Å². The zero-order valence-corrected chi connectivity index (χ0v) is 20.5. The van der Waals surface area contributed by atoms with Gasteiger partial charge in [-0.1, -0.05) is 13.8 Å². The number of carbonyl (C=O) groups excluding carboxylic acids is 2. The minimum absolute atomic E-state index is 0.0154. The molecule has 31 heavy (non-hydrogen) atoms. The number of aromatic hydroxyl groups is 1. The Morgan fingerprint density at radius 3 is 2.58 bits per heavy atom. The van der Waals surface area contributed by atoms with Crippen molar-refractivity contribution in [3.8, 4) is 11.5 Å². The first kappa shape index (κ1) is 23.5. The molecule has 0 aromatic heterocycles. The molecule has 1 N–H and O–H groups in total. The minimum Gasteiger partial charge on any atom is -0.503 e. The fourth-order valence-corrected chi connectivity index (χ4v) is 4.99. The quantitative estimate of drug-likeness (QED) is 0.563. The van der Waals surface area contributed by atoms with E-state index < -0.39 is 17.8 Å². The number of nitrogens with zero attached hydrogens (tertiary/aromatic N) is 1. The number of rotatable bonds is 5. The van der Waals surface area contributed by atoms with Gasteiger partial charge < -0.3 is 14.6 Å². The fourth-order valence-electron chi connectivity index (χ4n) is 4.54. The number of hydrogen-bond donors (Lipinski definition) is 1. The number of ketones is 1. The van der Waals surface area contributed by atoms with E-state index in [9.17, 15) is 14.7 Å². The second kappa shape index (κ2) is 8.77. The van der Waals surface area contributed by atoms with Gasteiger partial charge in [0, 0.05) is 23.7 Å². The van der Waals surface area contributed by atoms with E-state index in [1.807, 2.05) is 6.92 Å². The Kier molecular flexibility index (Phi) is 6.65. The van der Waals surface area contributed by atoms with Crippen LogP contribution in [0.5, 0.6) is 11.5 Å². The van der Waals surface area contributed by atoms with Gasteiger partial charge in [0.05, 0.1) is 28.7 Å². The molecule has 1 heterocycles. The summed E-state index contributed by atoms with van der Waals surface area (Å²) in [5.41, 5.74) is 2.27. The van der Waals surface area contributed by atoms with Crippen molar-refractivity contribution in [2.75, 3.05) is 6.61 Å². The van der Waals surface area contributed by atoms with Gasteiger partial charge in [0.1, 0.15) is 5.78 Å². The highest BCUT2D eigenvalue weighted by Gasteiger charge is 2.48. The average molecular weight is 492 g/mol. The van der Waals surface area contributed by atoms with Crippen LogP contribution in [0.2, 0.25) is 0 Å². The lowest BCUT2D eigenvalue weighted by atomic mass is 9.63. The Hall–Kier alpha value is -2.15. The van der Waals surface area contributed by atoms with E-state index in [-0.39, 0.29) is 23.1 Å². The number of aliphatic imine (C=N–C) groups is 1. The van der Waals surface area contributed by atoms with E-state index >= 15 is 0 Å². The summed E-state index contributed by atoms with van der Waals surface area (Å²) in [6, 6.07) is 3.45. The predicted octanol–water partition coefficient (Wildman–Crippen LogP) is 5.32. The molecule has 1 aromatic carbocycles. The molecular weight excluding hydrogens is 462 g/mol. The number of hydrogen-bond acceptors (Lipinski definition) is 6. The summed E-state index contributed by atoms with van der Waals surface area (Å²) in [7, 11) is 0. The lowest BCUT2D eigenvalue weighted by Crippen LogP contribution is -2.44. The monoisotopic (exact) mass is 491 g/mol. The first-order valence-electron chi connectivity index (χ1n) is 10.6. The Bertz CT molecular complexity index is 976. The normalized spacial score (nSPS) is 22.8. The highest BCUT2D eigenvalue weighted by Crippen LogP contribution is 2.49. The smallest absolute Gasteiger partial charge is 0.336 e. The summed E-state index contributed by atoms with van der Waals surface area (Å²) in [4.78, 5) is 31.2. The molecule has 1 unspecified atom stereocenters. The zero-order chi connectivity index (χ0) is 23.1. The molecule has 0 spiro atoms. The molecule has 1 aliphatic carbocycles. The van der Waals surface area contributed by atoms with Crippen molar-refractivity contribution in [1.82, 2.24) is 0 Å². The molecule has 0 bridgehead atoms. The molecule has 1 fully saturated rings. The lowest BCUT2D eigenvalue weighted by Gasteiger charge is -2.41. The van der Waals surface area contributed by atoms with Crippen LogP contribution in [0.25, 0.3) is 0 Å². The second-order valence-corrected chi connectivity index (χ2v) is 10.1. The highest BCUT2D eigenvalue weighted by molar-refractivity contribution is 9.10. The summed E-state index contributed by atoms with van der Waals surface area (Å²) >= 11 is 3.39. The Morgan fingerprint density at radius 1 is 1.29 bits per heavy atom. The minimum atomic E-state index is -0.557. The molecule has 1 aromatic rings. The number of ether oxygens (including phenoxy) is 2. The molecule has 0 saturated heterocycles. The number of phenols is 1. The maximum Gasteiger partial charge on any atom is 0.336 e. The van der Waals surface area contributed by atoms with Crippen LogP contribution >= 0.6 is 15.9 Å². The molecule has 168 valence electrons.